The maximum absolute atomic E-state index is 13.3. The molecule has 4 heteroatoms. The van der Waals surface area contributed by atoms with Crippen LogP contribution in [0.5, 0.6) is 0 Å². The molecule has 0 amide bonds. The third kappa shape index (κ3) is 1.74. The molecule has 1 nitrogen and oxygen atoms in total. The van der Waals surface area contributed by atoms with Crippen LogP contribution >= 0.6 is 0 Å². The fourth-order valence-electron chi connectivity index (χ4n) is 1.88. The minimum Gasteiger partial charge on any atom is -0.324 e. The van der Waals surface area contributed by atoms with Crippen molar-refractivity contribution in [2.75, 3.05) is 0 Å². The van der Waals surface area contributed by atoms with E-state index >= 15 is 0 Å². The summed E-state index contributed by atoms with van der Waals surface area (Å²) in [5.41, 5.74) is 5.42. The Labute approximate surface area is 86.1 Å². The summed E-state index contributed by atoms with van der Waals surface area (Å²) in [6.07, 6.45) is 2.74. The molecule has 2 N–H and O–H groups in total. The zero-order chi connectivity index (χ0) is 11.0. The van der Waals surface area contributed by atoms with E-state index in [9.17, 15) is 13.2 Å². The van der Waals surface area contributed by atoms with Gasteiger partial charge in [0.1, 0.15) is 5.82 Å². The van der Waals surface area contributed by atoms with E-state index in [0.29, 0.717) is 0 Å². The Balaban J connectivity index is 2.36. The van der Waals surface area contributed by atoms with Crippen molar-refractivity contribution < 1.29 is 13.2 Å². The van der Waals surface area contributed by atoms with E-state index in [1.54, 1.807) is 0 Å². The lowest BCUT2D eigenvalue weighted by Crippen LogP contribution is -2.28. The Morgan fingerprint density at radius 1 is 1.13 bits per heavy atom. The molecule has 82 valence electrons. The molecular weight excluding hydrogens is 203 g/mol. The maximum atomic E-state index is 13.3. The molecule has 0 saturated heterocycles. The van der Waals surface area contributed by atoms with Gasteiger partial charge in [-0.25, -0.2) is 13.2 Å². The summed E-state index contributed by atoms with van der Waals surface area (Å²) in [5.74, 6) is -2.86. The first-order valence-corrected chi connectivity index (χ1v) is 5.00. The van der Waals surface area contributed by atoms with Crippen LogP contribution in [0.15, 0.2) is 12.1 Å². The second-order valence-corrected chi connectivity index (χ2v) is 3.97. The van der Waals surface area contributed by atoms with Crippen LogP contribution in [0, 0.1) is 23.4 Å². The highest BCUT2D eigenvalue weighted by Crippen LogP contribution is 2.38. The molecule has 15 heavy (non-hydrogen) atoms. The predicted molar refractivity (Wildman–Crippen MR) is 50.6 cm³/mol. The Hall–Kier alpha value is -1.03. The Kier molecular flexibility index (Phi) is 2.69. The van der Waals surface area contributed by atoms with Gasteiger partial charge >= 0.3 is 0 Å². The van der Waals surface area contributed by atoms with E-state index < -0.39 is 23.5 Å². The zero-order valence-electron chi connectivity index (χ0n) is 8.14. The highest BCUT2D eigenvalue weighted by molar-refractivity contribution is 5.25. The average Bonchev–Trinajstić information content (AvgIpc) is 2.09. The van der Waals surface area contributed by atoms with Crippen LogP contribution in [0.25, 0.3) is 0 Å². The first kappa shape index (κ1) is 10.5. The van der Waals surface area contributed by atoms with E-state index in [4.69, 9.17) is 5.73 Å². The molecule has 0 unspecified atom stereocenters. The van der Waals surface area contributed by atoms with E-state index in [1.165, 1.54) is 0 Å². The van der Waals surface area contributed by atoms with Gasteiger partial charge in [0, 0.05) is 11.6 Å². The molecule has 0 radical (unpaired) electrons. The van der Waals surface area contributed by atoms with Gasteiger partial charge in [-0.2, -0.15) is 0 Å². The number of halogens is 3. The van der Waals surface area contributed by atoms with Crippen LogP contribution in [-0.4, -0.2) is 0 Å². The van der Waals surface area contributed by atoms with Gasteiger partial charge in [-0.15, -0.1) is 0 Å². The molecule has 0 bridgehead atoms. The third-order valence-corrected chi connectivity index (χ3v) is 3.07. The molecule has 1 aliphatic rings. The maximum Gasteiger partial charge on any atom is 0.166 e. The summed E-state index contributed by atoms with van der Waals surface area (Å²) in [5, 5.41) is 0. The van der Waals surface area contributed by atoms with Crippen LogP contribution in [0.1, 0.15) is 30.9 Å². The molecule has 1 fully saturated rings. The fourth-order valence-corrected chi connectivity index (χ4v) is 1.88. The summed E-state index contributed by atoms with van der Waals surface area (Å²) in [7, 11) is 0. The zero-order valence-corrected chi connectivity index (χ0v) is 8.14. The van der Waals surface area contributed by atoms with Gasteiger partial charge in [0.15, 0.2) is 11.6 Å². The highest BCUT2D eigenvalue weighted by atomic mass is 19.2. The fraction of sp³-hybridized carbons (Fsp3) is 0.455. The Morgan fingerprint density at radius 3 is 2.27 bits per heavy atom. The normalized spacial score (nSPS) is 18.7. The monoisotopic (exact) mass is 215 g/mol. The number of hydrogen-bond donors (Lipinski definition) is 1. The summed E-state index contributed by atoms with van der Waals surface area (Å²) in [6.45, 7) is 0. The molecule has 1 saturated carbocycles. The minimum atomic E-state index is -1.14. The van der Waals surface area contributed by atoms with E-state index in [2.05, 4.69) is 0 Å². The van der Waals surface area contributed by atoms with Gasteiger partial charge in [-0.1, -0.05) is 6.42 Å². The molecule has 1 aromatic carbocycles. The van der Waals surface area contributed by atoms with Crippen molar-refractivity contribution in [2.24, 2.45) is 11.7 Å². The average molecular weight is 215 g/mol. The quantitative estimate of drug-likeness (QED) is 0.754. The lowest BCUT2D eigenvalue weighted by molar-refractivity contribution is 0.254. The molecule has 0 aromatic heterocycles. The number of hydrogen-bond acceptors (Lipinski definition) is 1. The van der Waals surface area contributed by atoms with Crippen molar-refractivity contribution in [3.05, 3.63) is 35.1 Å². The number of rotatable bonds is 2. The molecular formula is C11H12F3N. The van der Waals surface area contributed by atoms with Crippen LogP contribution in [0.3, 0.4) is 0 Å². The smallest absolute Gasteiger partial charge is 0.166 e. The van der Waals surface area contributed by atoms with Crippen LogP contribution in [0.4, 0.5) is 13.2 Å². The predicted octanol–water partition coefficient (Wildman–Crippen LogP) is 2.90. The molecule has 2 rings (SSSR count). The molecule has 1 atom stereocenters. The number of benzene rings is 1. The van der Waals surface area contributed by atoms with Gasteiger partial charge in [0.05, 0.1) is 0 Å². The molecule has 1 aromatic rings. The largest absolute Gasteiger partial charge is 0.324 e. The second-order valence-electron chi connectivity index (χ2n) is 3.97. The van der Waals surface area contributed by atoms with Gasteiger partial charge in [0.25, 0.3) is 0 Å². The SMILES string of the molecule is N[C@H](c1c(F)ccc(F)c1F)C1CCC1. The molecule has 0 heterocycles. The first-order chi connectivity index (χ1) is 7.11. The third-order valence-electron chi connectivity index (χ3n) is 3.07. The number of nitrogens with two attached hydrogens (primary N) is 1. The van der Waals surface area contributed by atoms with E-state index in [-0.39, 0.29) is 11.5 Å². The van der Waals surface area contributed by atoms with Crippen LogP contribution in [-0.2, 0) is 0 Å². The van der Waals surface area contributed by atoms with Crippen molar-refractivity contribution in [2.45, 2.75) is 25.3 Å². The summed E-state index contributed by atoms with van der Waals surface area (Å²) >= 11 is 0. The lowest BCUT2D eigenvalue weighted by atomic mass is 9.77. The summed E-state index contributed by atoms with van der Waals surface area (Å²) in [6, 6.07) is 0.975. The first-order valence-electron chi connectivity index (χ1n) is 5.00. The van der Waals surface area contributed by atoms with Crippen molar-refractivity contribution >= 4 is 0 Å². The Bertz CT molecular complexity index is 374. The highest BCUT2D eigenvalue weighted by Gasteiger charge is 2.30. The van der Waals surface area contributed by atoms with Gasteiger partial charge in [-0.3, -0.25) is 0 Å². The van der Waals surface area contributed by atoms with Crippen molar-refractivity contribution in [1.29, 1.82) is 0 Å². The van der Waals surface area contributed by atoms with Gasteiger partial charge in [0.2, 0.25) is 0 Å². The standard InChI is InChI=1S/C11H12F3N/c12-7-4-5-8(13)10(14)9(7)11(15)6-2-1-3-6/h4-6,11H,1-3,15H2/t11-/m0/s1. The van der Waals surface area contributed by atoms with Crippen molar-refractivity contribution in [3.8, 4) is 0 Å². The van der Waals surface area contributed by atoms with Crippen LogP contribution < -0.4 is 5.73 Å². The second kappa shape index (κ2) is 3.85. The van der Waals surface area contributed by atoms with Crippen LogP contribution in [0.2, 0.25) is 0 Å². The van der Waals surface area contributed by atoms with Gasteiger partial charge < -0.3 is 5.73 Å². The molecule has 0 aliphatic heterocycles. The van der Waals surface area contributed by atoms with E-state index in [0.717, 1.165) is 31.4 Å². The minimum absolute atomic E-state index is 0.0794. The molecule has 0 spiro atoms. The van der Waals surface area contributed by atoms with Gasteiger partial charge in [-0.05, 0) is 30.9 Å². The summed E-state index contributed by atoms with van der Waals surface area (Å²) < 4.78 is 39.6. The van der Waals surface area contributed by atoms with Crippen molar-refractivity contribution in [3.63, 3.8) is 0 Å². The summed E-state index contributed by atoms with van der Waals surface area (Å²) in [4.78, 5) is 0. The van der Waals surface area contributed by atoms with Crippen molar-refractivity contribution in [1.82, 2.24) is 0 Å². The Morgan fingerprint density at radius 2 is 1.73 bits per heavy atom. The molecule has 1 aliphatic carbocycles. The topological polar surface area (TPSA) is 26.0 Å². The lowest BCUT2D eigenvalue weighted by Gasteiger charge is -2.31. The van der Waals surface area contributed by atoms with E-state index in [1.807, 2.05) is 0 Å².